The second-order valence-corrected chi connectivity index (χ2v) is 7.78. The Morgan fingerprint density at radius 3 is 2.87 bits per heavy atom. The van der Waals surface area contributed by atoms with Crippen molar-refractivity contribution < 1.29 is 5.11 Å². The number of aryl methyl sites for hydroxylation is 1. The molecule has 2 heterocycles. The molecular formula is C23H20ClN5O2. The van der Waals surface area contributed by atoms with E-state index >= 15 is 0 Å². The Morgan fingerprint density at radius 2 is 2.13 bits per heavy atom. The van der Waals surface area contributed by atoms with Crippen LogP contribution in [0.2, 0.25) is 5.02 Å². The summed E-state index contributed by atoms with van der Waals surface area (Å²) >= 11 is 6.07. The summed E-state index contributed by atoms with van der Waals surface area (Å²) in [5, 5.41) is 23.0. The Labute approximate surface area is 183 Å². The minimum absolute atomic E-state index is 0.135. The molecule has 0 saturated heterocycles. The number of nitrogens with one attached hydrogen (secondary N) is 3. The number of rotatable bonds is 6. The van der Waals surface area contributed by atoms with Gasteiger partial charge in [-0.2, -0.15) is 5.26 Å². The van der Waals surface area contributed by atoms with Crippen LogP contribution in [0.3, 0.4) is 0 Å². The van der Waals surface area contributed by atoms with Crippen LogP contribution in [0.4, 0.5) is 5.69 Å². The monoisotopic (exact) mass is 433 g/mol. The van der Waals surface area contributed by atoms with Crippen LogP contribution in [0.1, 0.15) is 16.7 Å². The Hall–Kier alpha value is -3.60. The van der Waals surface area contributed by atoms with Crippen molar-refractivity contribution in [3.8, 4) is 17.5 Å². The van der Waals surface area contributed by atoms with Crippen LogP contribution < -0.4 is 10.9 Å². The van der Waals surface area contributed by atoms with E-state index in [1.54, 1.807) is 30.5 Å². The van der Waals surface area contributed by atoms with Crippen molar-refractivity contribution in [3.05, 3.63) is 80.7 Å². The first-order chi connectivity index (χ1) is 15.0. The molecule has 0 amide bonds. The van der Waals surface area contributed by atoms with Gasteiger partial charge in [0.25, 0.3) is 5.56 Å². The average Bonchev–Trinajstić information content (AvgIpc) is 3.17. The van der Waals surface area contributed by atoms with Crippen LogP contribution in [-0.4, -0.2) is 32.7 Å². The first-order valence-electron chi connectivity index (χ1n) is 9.73. The van der Waals surface area contributed by atoms with E-state index in [0.717, 1.165) is 11.1 Å². The van der Waals surface area contributed by atoms with Crippen LogP contribution in [0.15, 0.2) is 53.5 Å². The minimum Gasteiger partial charge on any atom is -0.394 e. The first kappa shape index (κ1) is 20.7. The topological polar surface area (TPSA) is 118 Å². The lowest BCUT2D eigenvalue weighted by Gasteiger charge is -2.19. The van der Waals surface area contributed by atoms with Gasteiger partial charge in [-0.15, -0.1) is 0 Å². The summed E-state index contributed by atoms with van der Waals surface area (Å²) in [5.41, 5.74) is 4.26. The summed E-state index contributed by atoms with van der Waals surface area (Å²) < 4.78 is 0. The smallest absolute Gasteiger partial charge is 0.261 e. The molecule has 0 radical (unpaired) electrons. The van der Waals surface area contributed by atoms with Gasteiger partial charge in [-0.3, -0.25) is 4.79 Å². The molecule has 4 rings (SSSR count). The van der Waals surface area contributed by atoms with Gasteiger partial charge in [0.15, 0.2) is 0 Å². The van der Waals surface area contributed by atoms with E-state index < -0.39 is 0 Å². The number of aromatic nitrogens is 3. The molecule has 0 spiro atoms. The van der Waals surface area contributed by atoms with Crippen molar-refractivity contribution in [3.63, 3.8) is 0 Å². The molecule has 1 atom stereocenters. The maximum Gasteiger partial charge on any atom is 0.261 e. The fourth-order valence-electron chi connectivity index (χ4n) is 3.64. The number of benzene rings is 2. The number of fused-ring (bicyclic) bond motifs is 1. The standard InChI is InChI=1S/C23H20ClN5O2/c1-13-7-15(11-25)10-19-21(13)29-22(28-19)20-18(5-6-26-23(20)31)27-17(12-30)9-14-3-2-4-16(24)8-14/h2-8,10,17,30H,9,12H2,1H3,(H,28,29)(H2,26,27,31). The maximum atomic E-state index is 12.7. The summed E-state index contributed by atoms with van der Waals surface area (Å²) in [7, 11) is 0. The first-order valence-corrected chi connectivity index (χ1v) is 10.1. The van der Waals surface area contributed by atoms with Gasteiger partial charge in [0.1, 0.15) is 11.4 Å². The Morgan fingerprint density at radius 1 is 1.29 bits per heavy atom. The SMILES string of the molecule is Cc1cc(C#N)cc2[nH]c(-c3c(NC(CO)Cc4cccc(Cl)c4)cc[nH]c3=O)nc12. The fourth-order valence-corrected chi connectivity index (χ4v) is 3.85. The van der Waals surface area contributed by atoms with Crippen molar-refractivity contribution in [2.45, 2.75) is 19.4 Å². The van der Waals surface area contributed by atoms with E-state index in [4.69, 9.17) is 11.6 Å². The average molecular weight is 434 g/mol. The molecule has 2 aromatic carbocycles. The van der Waals surface area contributed by atoms with E-state index in [9.17, 15) is 15.2 Å². The zero-order chi connectivity index (χ0) is 22.0. The summed E-state index contributed by atoms with van der Waals surface area (Å²) in [6.45, 7) is 1.73. The molecule has 0 saturated carbocycles. The number of pyridine rings is 1. The molecule has 4 aromatic rings. The molecule has 0 aliphatic rings. The van der Waals surface area contributed by atoms with Crippen molar-refractivity contribution in [2.24, 2.45) is 0 Å². The molecule has 8 heteroatoms. The third kappa shape index (κ3) is 4.31. The third-order valence-corrected chi connectivity index (χ3v) is 5.29. The summed E-state index contributed by atoms with van der Waals surface area (Å²) in [6.07, 6.45) is 2.07. The molecule has 156 valence electrons. The predicted molar refractivity (Wildman–Crippen MR) is 121 cm³/mol. The number of anilines is 1. The number of H-pyrrole nitrogens is 2. The van der Waals surface area contributed by atoms with Gasteiger partial charge in [-0.1, -0.05) is 23.7 Å². The van der Waals surface area contributed by atoms with Gasteiger partial charge >= 0.3 is 0 Å². The molecular weight excluding hydrogens is 414 g/mol. The van der Waals surface area contributed by atoms with E-state index in [1.165, 1.54) is 0 Å². The zero-order valence-corrected chi connectivity index (χ0v) is 17.5. The number of hydrogen-bond acceptors (Lipinski definition) is 5. The Balaban J connectivity index is 1.72. The van der Waals surface area contributed by atoms with Crippen molar-refractivity contribution in [1.82, 2.24) is 15.0 Å². The highest BCUT2D eigenvalue weighted by molar-refractivity contribution is 6.30. The van der Waals surface area contributed by atoms with Gasteiger partial charge in [-0.05, 0) is 54.8 Å². The van der Waals surface area contributed by atoms with Gasteiger partial charge in [-0.25, -0.2) is 4.98 Å². The van der Waals surface area contributed by atoms with Crippen LogP contribution in [0.25, 0.3) is 22.4 Å². The van der Waals surface area contributed by atoms with Crippen molar-refractivity contribution >= 4 is 28.3 Å². The van der Waals surface area contributed by atoms with E-state index in [0.29, 0.717) is 45.1 Å². The van der Waals surface area contributed by atoms with Gasteiger partial charge in [0.2, 0.25) is 0 Å². The van der Waals surface area contributed by atoms with Crippen LogP contribution in [0, 0.1) is 18.3 Å². The van der Waals surface area contributed by atoms with Crippen LogP contribution in [0.5, 0.6) is 0 Å². The lowest BCUT2D eigenvalue weighted by molar-refractivity contribution is 0.274. The second-order valence-electron chi connectivity index (χ2n) is 7.34. The highest BCUT2D eigenvalue weighted by Gasteiger charge is 2.18. The highest BCUT2D eigenvalue weighted by Crippen LogP contribution is 2.27. The minimum atomic E-state index is -0.338. The second kappa shape index (κ2) is 8.64. The number of aliphatic hydroxyl groups excluding tert-OH is 1. The lowest BCUT2D eigenvalue weighted by Crippen LogP contribution is -2.28. The summed E-state index contributed by atoms with van der Waals surface area (Å²) in [6, 6.07) is 14.4. The highest BCUT2D eigenvalue weighted by atomic mass is 35.5. The number of nitriles is 1. The van der Waals surface area contributed by atoms with Gasteiger partial charge in [0.05, 0.1) is 41.0 Å². The lowest BCUT2D eigenvalue weighted by atomic mass is 10.1. The Kier molecular flexibility index (Phi) is 5.76. The molecule has 4 N–H and O–H groups in total. The Bertz CT molecular complexity index is 1350. The molecule has 31 heavy (non-hydrogen) atoms. The normalized spacial score (nSPS) is 11.9. The molecule has 0 bridgehead atoms. The molecule has 2 aromatic heterocycles. The van der Waals surface area contributed by atoms with Crippen molar-refractivity contribution in [1.29, 1.82) is 5.26 Å². The van der Waals surface area contributed by atoms with Gasteiger partial charge < -0.3 is 20.4 Å². The molecule has 1 unspecified atom stereocenters. The summed E-state index contributed by atoms with van der Waals surface area (Å²) in [5.74, 6) is 0.386. The van der Waals surface area contributed by atoms with Crippen molar-refractivity contribution in [2.75, 3.05) is 11.9 Å². The molecule has 0 aliphatic carbocycles. The number of aromatic amines is 2. The number of halogens is 1. The molecule has 0 aliphatic heterocycles. The van der Waals surface area contributed by atoms with E-state index in [1.807, 2.05) is 25.1 Å². The summed E-state index contributed by atoms with van der Waals surface area (Å²) in [4.78, 5) is 23.1. The van der Waals surface area contributed by atoms with Gasteiger partial charge in [0, 0.05) is 11.2 Å². The number of hydrogen-bond donors (Lipinski definition) is 4. The number of imidazole rings is 1. The molecule has 7 nitrogen and oxygen atoms in total. The zero-order valence-electron chi connectivity index (χ0n) is 16.7. The third-order valence-electron chi connectivity index (χ3n) is 5.06. The predicted octanol–water partition coefficient (Wildman–Crippen LogP) is 3.77. The molecule has 0 fully saturated rings. The van der Waals surface area contributed by atoms with E-state index in [2.05, 4.69) is 26.3 Å². The quantitative estimate of drug-likeness (QED) is 0.369. The number of aliphatic hydroxyl groups is 1. The largest absolute Gasteiger partial charge is 0.394 e. The fraction of sp³-hybridized carbons (Fsp3) is 0.174. The van der Waals surface area contributed by atoms with Crippen LogP contribution >= 0.6 is 11.6 Å². The number of nitrogens with zero attached hydrogens (tertiary/aromatic N) is 2. The maximum absolute atomic E-state index is 12.7. The van der Waals surface area contributed by atoms with E-state index in [-0.39, 0.29) is 18.2 Å². The van der Waals surface area contributed by atoms with Crippen LogP contribution in [-0.2, 0) is 6.42 Å².